The van der Waals surface area contributed by atoms with Crippen molar-refractivity contribution < 1.29 is 9.90 Å². The van der Waals surface area contributed by atoms with Gasteiger partial charge in [-0.15, -0.1) is 22.7 Å². The van der Waals surface area contributed by atoms with Crippen LogP contribution in [0, 0.1) is 0 Å². The van der Waals surface area contributed by atoms with Crippen molar-refractivity contribution >= 4 is 28.6 Å². The zero-order valence-corrected chi connectivity index (χ0v) is 10.5. The number of carbonyl (C=O) groups is 1. The molecule has 2 N–H and O–H groups in total. The lowest BCUT2D eigenvalue weighted by Crippen LogP contribution is -1.91. The number of aromatic amines is 1. The Hall–Kier alpha value is -2.06. The van der Waals surface area contributed by atoms with Gasteiger partial charge in [0.25, 0.3) is 0 Å². The van der Waals surface area contributed by atoms with Gasteiger partial charge in [0, 0.05) is 10.8 Å². The molecule has 18 heavy (non-hydrogen) atoms. The average Bonchev–Trinajstić information content (AvgIpc) is 3.10. The van der Waals surface area contributed by atoms with Crippen molar-refractivity contribution in [3.63, 3.8) is 0 Å². The van der Waals surface area contributed by atoms with Crippen LogP contribution < -0.4 is 0 Å². The maximum Gasteiger partial charge on any atom is 0.336 e. The highest BCUT2D eigenvalue weighted by Crippen LogP contribution is 2.30. The molecule has 0 spiro atoms. The predicted octanol–water partition coefficient (Wildman–Crippen LogP) is 2.35. The van der Waals surface area contributed by atoms with E-state index in [1.54, 1.807) is 11.4 Å². The third-order valence-electron chi connectivity index (χ3n) is 2.22. The van der Waals surface area contributed by atoms with Crippen LogP contribution in [-0.4, -0.2) is 31.2 Å². The Morgan fingerprint density at radius 2 is 2.22 bits per heavy atom. The maximum absolute atomic E-state index is 10.8. The summed E-state index contributed by atoms with van der Waals surface area (Å²) >= 11 is 2.79. The van der Waals surface area contributed by atoms with Gasteiger partial charge in [0.15, 0.2) is 10.8 Å². The molecule has 90 valence electrons. The second-order valence-corrected chi connectivity index (χ2v) is 5.15. The van der Waals surface area contributed by atoms with E-state index in [1.165, 1.54) is 29.0 Å². The van der Waals surface area contributed by atoms with Crippen LogP contribution in [0.15, 0.2) is 23.2 Å². The molecule has 3 aromatic rings. The lowest BCUT2D eigenvalue weighted by Gasteiger charge is -1.88. The number of rotatable bonds is 3. The number of hydrogen-bond donors (Lipinski definition) is 2. The van der Waals surface area contributed by atoms with Crippen molar-refractivity contribution in [3.05, 3.63) is 28.7 Å². The lowest BCUT2D eigenvalue weighted by molar-refractivity contribution is 0.0697. The minimum atomic E-state index is -0.928. The molecule has 3 heterocycles. The van der Waals surface area contributed by atoms with Gasteiger partial charge in [-0.3, -0.25) is 5.10 Å². The van der Waals surface area contributed by atoms with Gasteiger partial charge >= 0.3 is 5.97 Å². The molecule has 3 rings (SSSR count). The highest BCUT2D eigenvalue weighted by Gasteiger charge is 2.12. The van der Waals surface area contributed by atoms with Gasteiger partial charge in [-0.25, -0.2) is 14.8 Å². The van der Waals surface area contributed by atoms with E-state index in [2.05, 4.69) is 20.2 Å². The van der Waals surface area contributed by atoms with Gasteiger partial charge in [0.1, 0.15) is 6.33 Å². The topological polar surface area (TPSA) is 91.8 Å². The third-order valence-corrected chi connectivity index (χ3v) is 4.02. The third kappa shape index (κ3) is 1.91. The summed E-state index contributed by atoms with van der Waals surface area (Å²) in [6.45, 7) is 0. The zero-order valence-electron chi connectivity index (χ0n) is 8.82. The number of nitrogens with one attached hydrogen (secondary N) is 1. The second kappa shape index (κ2) is 4.31. The molecular formula is C10H6N4O2S2. The Labute approximate surface area is 109 Å². The number of carboxylic acid groups (broad SMARTS) is 1. The van der Waals surface area contributed by atoms with Crippen LogP contribution in [0.2, 0.25) is 0 Å². The maximum atomic E-state index is 10.8. The van der Waals surface area contributed by atoms with E-state index in [0.717, 1.165) is 15.6 Å². The molecule has 0 aliphatic rings. The number of thiophene rings is 1. The summed E-state index contributed by atoms with van der Waals surface area (Å²) in [6, 6.07) is 1.62. The SMILES string of the molecule is O=C(O)c1csc(-c2csc(-c3ncn[nH]3)n2)c1. The van der Waals surface area contributed by atoms with Gasteiger partial charge in [-0.2, -0.15) is 5.10 Å². The normalized spacial score (nSPS) is 10.7. The lowest BCUT2D eigenvalue weighted by atomic mass is 10.3. The molecule has 0 aromatic carbocycles. The highest BCUT2D eigenvalue weighted by molar-refractivity contribution is 7.15. The van der Waals surface area contributed by atoms with E-state index in [1.807, 2.05) is 5.38 Å². The van der Waals surface area contributed by atoms with Crippen molar-refractivity contribution in [2.75, 3.05) is 0 Å². The Morgan fingerprint density at radius 1 is 1.33 bits per heavy atom. The number of nitrogens with zero attached hydrogens (tertiary/aromatic N) is 3. The molecule has 0 amide bonds. The van der Waals surface area contributed by atoms with Crippen LogP contribution in [0.4, 0.5) is 0 Å². The Bertz CT molecular complexity index is 686. The van der Waals surface area contributed by atoms with E-state index < -0.39 is 5.97 Å². The molecule has 3 aromatic heterocycles. The largest absolute Gasteiger partial charge is 0.478 e. The molecule has 8 heteroatoms. The fraction of sp³-hybridized carbons (Fsp3) is 0. The van der Waals surface area contributed by atoms with Crippen molar-refractivity contribution in [1.82, 2.24) is 20.2 Å². The highest BCUT2D eigenvalue weighted by atomic mass is 32.1. The van der Waals surface area contributed by atoms with Gasteiger partial charge in [0.2, 0.25) is 0 Å². The number of aromatic carboxylic acids is 1. The van der Waals surface area contributed by atoms with Crippen molar-refractivity contribution in [2.24, 2.45) is 0 Å². The van der Waals surface area contributed by atoms with Crippen LogP contribution in [0.25, 0.3) is 21.4 Å². The zero-order chi connectivity index (χ0) is 12.5. The minimum absolute atomic E-state index is 0.282. The van der Waals surface area contributed by atoms with Crippen LogP contribution in [0.5, 0.6) is 0 Å². The molecule has 0 fully saturated rings. The molecule has 0 atom stereocenters. The Morgan fingerprint density at radius 3 is 2.89 bits per heavy atom. The molecule has 0 saturated carbocycles. The molecule has 6 nitrogen and oxygen atoms in total. The number of hydrogen-bond acceptors (Lipinski definition) is 6. The Balaban J connectivity index is 1.95. The first-order chi connectivity index (χ1) is 8.74. The van der Waals surface area contributed by atoms with Crippen molar-refractivity contribution in [3.8, 4) is 21.4 Å². The molecule has 0 bridgehead atoms. The summed E-state index contributed by atoms with van der Waals surface area (Å²) in [4.78, 5) is 20.0. The van der Waals surface area contributed by atoms with E-state index >= 15 is 0 Å². The van der Waals surface area contributed by atoms with Crippen LogP contribution in [0.1, 0.15) is 10.4 Å². The summed E-state index contributed by atoms with van der Waals surface area (Å²) in [5.74, 6) is -0.315. The molecule has 0 unspecified atom stereocenters. The summed E-state index contributed by atoms with van der Waals surface area (Å²) in [7, 11) is 0. The fourth-order valence-electron chi connectivity index (χ4n) is 1.39. The minimum Gasteiger partial charge on any atom is -0.478 e. The summed E-state index contributed by atoms with van der Waals surface area (Å²) in [5, 5.41) is 19.6. The monoisotopic (exact) mass is 278 g/mol. The number of H-pyrrole nitrogens is 1. The first-order valence-electron chi connectivity index (χ1n) is 4.87. The predicted molar refractivity (Wildman–Crippen MR) is 67.8 cm³/mol. The summed E-state index contributed by atoms with van der Waals surface area (Å²) in [5.41, 5.74) is 1.04. The van der Waals surface area contributed by atoms with Crippen LogP contribution in [0.3, 0.4) is 0 Å². The fourth-order valence-corrected chi connectivity index (χ4v) is 3.07. The van der Waals surface area contributed by atoms with Gasteiger partial charge < -0.3 is 5.11 Å². The summed E-state index contributed by atoms with van der Waals surface area (Å²) < 4.78 is 0. The van der Waals surface area contributed by atoms with Gasteiger partial charge in [0.05, 0.1) is 16.1 Å². The first kappa shape index (κ1) is 11.1. The Kier molecular flexibility index (Phi) is 2.65. The van der Waals surface area contributed by atoms with Gasteiger partial charge in [-0.1, -0.05) is 0 Å². The number of aromatic nitrogens is 4. The molecule has 0 aliphatic heterocycles. The molecular weight excluding hydrogens is 272 g/mol. The van der Waals surface area contributed by atoms with Crippen molar-refractivity contribution in [1.29, 1.82) is 0 Å². The first-order valence-corrected chi connectivity index (χ1v) is 6.63. The standard InChI is InChI=1S/C10H6N4O2S2/c15-10(16)5-1-7(17-2-5)6-3-18-9(13-6)8-11-4-12-14-8/h1-4H,(H,15,16)(H,11,12,14). The van der Waals surface area contributed by atoms with Gasteiger partial charge in [-0.05, 0) is 6.07 Å². The van der Waals surface area contributed by atoms with E-state index in [0.29, 0.717) is 5.82 Å². The molecule has 0 aliphatic carbocycles. The quantitative estimate of drug-likeness (QED) is 0.767. The van der Waals surface area contributed by atoms with Crippen LogP contribution in [-0.2, 0) is 0 Å². The van der Waals surface area contributed by atoms with Crippen molar-refractivity contribution in [2.45, 2.75) is 0 Å². The summed E-state index contributed by atoms with van der Waals surface area (Å²) in [6.07, 6.45) is 1.42. The molecule has 0 saturated heterocycles. The van der Waals surface area contributed by atoms with Crippen LogP contribution >= 0.6 is 22.7 Å². The van der Waals surface area contributed by atoms with E-state index in [4.69, 9.17) is 5.11 Å². The number of carboxylic acids is 1. The van der Waals surface area contributed by atoms with E-state index in [-0.39, 0.29) is 5.56 Å². The number of thiazole rings is 1. The second-order valence-electron chi connectivity index (χ2n) is 3.38. The smallest absolute Gasteiger partial charge is 0.336 e. The molecule has 0 radical (unpaired) electrons. The van der Waals surface area contributed by atoms with E-state index in [9.17, 15) is 4.79 Å². The average molecular weight is 278 g/mol.